The Bertz CT molecular complexity index is 422. The van der Waals surface area contributed by atoms with Crippen LogP contribution in [-0.2, 0) is 11.3 Å². The summed E-state index contributed by atoms with van der Waals surface area (Å²) in [7, 11) is 1.90. The Morgan fingerprint density at radius 3 is 2.84 bits per heavy atom. The SMILES string of the molecule is CN(Cc1cccs1)C(=O)CN1CC2CNCC2C1. The van der Waals surface area contributed by atoms with Crippen LogP contribution in [0.3, 0.4) is 0 Å². The first-order valence-electron chi connectivity index (χ1n) is 6.92. The van der Waals surface area contributed by atoms with E-state index < -0.39 is 0 Å². The van der Waals surface area contributed by atoms with Crippen LogP contribution in [-0.4, -0.2) is 55.5 Å². The van der Waals surface area contributed by atoms with E-state index in [-0.39, 0.29) is 5.91 Å². The lowest BCUT2D eigenvalue weighted by Gasteiger charge is -2.21. The van der Waals surface area contributed by atoms with Gasteiger partial charge in [-0.2, -0.15) is 0 Å². The molecule has 19 heavy (non-hydrogen) atoms. The average molecular weight is 279 g/mol. The van der Waals surface area contributed by atoms with Crippen LogP contribution in [0.2, 0.25) is 0 Å². The van der Waals surface area contributed by atoms with Crippen LogP contribution in [0.1, 0.15) is 4.88 Å². The number of nitrogens with zero attached hydrogens (tertiary/aromatic N) is 2. The van der Waals surface area contributed by atoms with Crippen molar-refractivity contribution in [2.75, 3.05) is 39.8 Å². The number of rotatable bonds is 4. The molecule has 0 aliphatic carbocycles. The molecule has 104 valence electrons. The molecule has 2 atom stereocenters. The molecular weight excluding hydrogens is 258 g/mol. The molecule has 1 amide bonds. The van der Waals surface area contributed by atoms with Gasteiger partial charge in [0.1, 0.15) is 0 Å². The predicted molar refractivity (Wildman–Crippen MR) is 77.1 cm³/mol. The Hall–Kier alpha value is -0.910. The molecule has 2 saturated heterocycles. The minimum atomic E-state index is 0.237. The maximum absolute atomic E-state index is 12.2. The van der Waals surface area contributed by atoms with Crippen molar-refractivity contribution in [2.24, 2.45) is 11.8 Å². The first-order valence-corrected chi connectivity index (χ1v) is 7.80. The topological polar surface area (TPSA) is 35.6 Å². The van der Waals surface area contributed by atoms with E-state index in [9.17, 15) is 4.79 Å². The van der Waals surface area contributed by atoms with E-state index in [1.807, 2.05) is 18.0 Å². The summed E-state index contributed by atoms with van der Waals surface area (Å²) in [5.74, 6) is 1.76. The van der Waals surface area contributed by atoms with Crippen molar-refractivity contribution in [1.29, 1.82) is 0 Å². The summed E-state index contributed by atoms with van der Waals surface area (Å²) in [5.41, 5.74) is 0. The first-order chi connectivity index (χ1) is 9.22. The van der Waals surface area contributed by atoms with Gasteiger partial charge in [0.15, 0.2) is 0 Å². The molecule has 2 fully saturated rings. The quantitative estimate of drug-likeness (QED) is 0.888. The van der Waals surface area contributed by atoms with Gasteiger partial charge in [0.05, 0.1) is 13.1 Å². The highest BCUT2D eigenvalue weighted by molar-refractivity contribution is 7.09. The van der Waals surface area contributed by atoms with Gasteiger partial charge >= 0.3 is 0 Å². The van der Waals surface area contributed by atoms with Crippen molar-refractivity contribution < 1.29 is 4.79 Å². The number of likely N-dealkylation sites (N-methyl/N-ethyl adjacent to an activating group) is 1. The van der Waals surface area contributed by atoms with Gasteiger partial charge in [0, 0.05) is 25.0 Å². The van der Waals surface area contributed by atoms with E-state index in [0.717, 1.165) is 44.6 Å². The highest BCUT2D eigenvalue weighted by Gasteiger charge is 2.36. The number of hydrogen-bond acceptors (Lipinski definition) is 4. The molecule has 1 aromatic rings. The maximum atomic E-state index is 12.2. The number of carbonyl (C=O) groups is 1. The summed E-state index contributed by atoms with van der Waals surface area (Å²) in [6, 6.07) is 4.12. The molecule has 0 radical (unpaired) electrons. The fourth-order valence-corrected chi connectivity index (χ4v) is 3.88. The van der Waals surface area contributed by atoms with Gasteiger partial charge in [-0.1, -0.05) is 6.07 Å². The molecule has 2 aliphatic rings. The van der Waals surface area contributed by atoms with E-state index in [2.05, 4.69) is 21.7 Å². The van der Waals surface area contributed by atoms with Gasteiger partial charge in [-0.05, 0) is 36.4 Å². The fourth-order valence-electron chi connectivity index (χ4n) is 3.12. The highest BCUT2D eigenvalue weighted by Crippen LogP contribution is 2.26. The molecule has 4 nitrogen and oxygen atoms in total. The summed E-state index contributed by atoms with van der Waals surface area (Å²) in [4.78, 5) is 17.6. The predicted octanol–water partition coefficient (Wildman–Crippen LogP) is 0.858. The molecule has 2 aliphatic heterocycles. The van der Waals surface area contributed by atoms with Crippen molar-refractivity contribution in [3.63, 3.8) is 0 Å². The lowest BCUT2D eigenvalue weighted by atomic mass is 10.0. The second-order valence-electron chi connectivity index (χ2n) is 5.70. The number of likely N-dealkylation sites (tertiary alicyclic amines) is 1. The van der Waals surface area contributed by atoms with Gasteiger partial charge in [-0.25, -0.2) is 0 Å². The minimum Gasteiger partial charge on any atom is -0.340 e. The number of thiophene rings is 1. The van der Waals surface area contributed by atoms with Crippen LogP contribution in [0.25, 0.3) is 0 Å². The summed E-state index contributed by atoms with van der Waals surface area (Å²) in [5, 5.41) is 5.49. The standard InChI is InChI=1S/C14H21N3OS/c1-16(9-13-3-2-4-19-13)14(18)10-17-7-11-5-15-6-12(11)8-17/h2-4,11-12,15H,5-10H2,1H3. The fraction of sp³-hybridized carbons (Fsp3) is 0.643. The van der Waals surface area contributed by atoms with Gasteiger partial charge < -0.3 is 10.2 Å². The van der Waals surface area contributed by atoms with Crippen LogP contribution in [0, 0.1) is 11.8 Å². The second kappa shape index (κ2) is 5.61. The van der Waals surface area contributed by atoms with Crippen molar-refractivity contribution in [1.82, 2.24) is 15.1 Å². The van der Waals surface area contributed by atoms with Crippen molar-refractivity contribution in [3.8, 4) is 0 Å². The molecule has 0 spiro atoms. The van der Waals surface area contributed by atoms with Crippen molar-refractivity contribution >= 4 is 17.2 Å². The lowest BCUT2D eigenvalue weighted by Crippen LogP contribution is -2.38. The van der Waals surface area contributed by atoms with Crippen LogP contribution in [0.15, 0.2) is 17.5 Å². The molecule has 2 unspecified atom stereocenters. The zero-order valence-electron chi connectivity index (χ0n) is 11.3. The smallest absolute Gasteiger partial charge is 0.236 e. The third-order valence-electron chi connectivity index (χ3n) is 4.22. The molecular formula is C14H21N3OS. The second-order valence-corrected chi connectivity index (χ2v) is 6.73. The van der Waals surface area contributed by atoms with E-state index >= 15 is 0 Å². The van der Waals surface area contributed by atoms with Gasteiger partial charge in [0.25, 0.3) is 0 Å². The summed E-state index contributed by atoms with van der Waals surface area (Å²) < 4.78 is 0. The summed E-state index contributed by atoms with van der Waals surface area (Å²) >= 11 is 1.71. The number of hydrogen-bond donors (Lipinski definition) is 1. The molecule has 0 saturated carbocycles. The molecule has 0 aromatic carbocycles. The Balaban J connectivity index is 1.48. The average Bonchev–Trinajstić information content (AvgIpc) is 3.04. The maximum Gasteiger partial charge on any atom is 0.236 e. The van der Waals surface area contributed by atoms with Crippen molar-refractivity contribution in [3.05, 3.63) is 22.4 Å². The third kappa shape index (κ3) is 2.99. The van der Waals surface area contributed by atoms with Gasteiger partial charge in [0.2, 0.25) is 5.91 Å². The minimum absolute atomic E-state index is 0.237. The van der Waals surface area contributed by atoms with Crippen LogP contribution >= 0.6 is 11.3 Å². The highest BCUT2D eigenvalue weighted by atomic mass is 32.1. The number of amides is 1. The first kappa shape index (κ1) is 13.1. The monoisotopic (exact) mass is 279 g/mol. The zero-order valence-corrected chi connectivity index (χ0v) is 12.2. The van der Waals surface area contributed by atoms with Gasteiger partial charge in [-0.3, -0.25) is 9.69 Å². The Morgan fingerprint density at radius 2 is 2.21 bits per heavy atom. The van der Waals surface area contributed by atoms with Gasteiger partial charge in [-0.15, -0.1) is 11.3 Å². The molecule has 1 aromatic heterocycles. The Kier molecular flexibility index (Phi) is 3.86. The Labute approximate surface area is 118 Å². The van der Waals surface area contributed by atoms with E-state index in [0.29, 0.717) is 6.54 Å². The number of carbonyl (C=O) groups excluding carboxylic acids is 1. The lowest BCUT2D eigenvalue weighted by molar-refractivity contribution is -0.131. The van der Waals surface area contributed by atoms with E-state index in [1.54, 1.807) is 11.3 Å². The van der Waals surface area contributed by atoms with Crippen LogP contribution < -0.4 is 5.32 Å². The zero-order chi connectivity index (χ0) is 13.2. The Morgan fingerprint density at radius 1 is 1.47 bits per heavy atom. The summed E-state index contributed by atoms with van der Waals surface area (Å²) in [6.07, 6.45) is 0. The largest absolute Gasteiger partial charge is 0.340 e. The van der Waals surface area contributed by atoms with Crippen molar-refractivity contribution in [2.45, 2.75) is 6.54 Å². The normalized spacial score (nSPS) is 26.6. The van der Waals surface area contributed by atoms with E-state index in [1.165, 1.54) is 4.88 Å². The molecule has 3 rings (SSSR count). The molecule has 0 bridgehead atoms. The molecule has 3 heterocycles. The number of nitrogens with one attached hydrogen (secondary N) is 1. The summed E-state index contributed by atoms with van der Waals surface area (Å²) in [6.45, 7) is 5.72. The van der Waals surface area contributed by atoms with Crippen LogP contribution in [0.5, 0.6) is 0 Å². The third-order valence-corrected chi connectivity index (χ3v) is 5.08. The molecule has 5 heteroatoms. The van der Waals surface area contributed by atoms with Crippen LogP contribution in [0.4, 0.5) is 0 Å². The van der Waals surface area contributed by atoms with E-state index in [4.69, 9.17) is 0 Å². The number of fused-ring (bicyclic) bond motifs is 1. The molecule has 1 N–H and O–H groups in total.